The van der Waals surface area contributed by atoms with Crippen LogP contribution in [-0.4, -0.2) is 24.2 Å². The largest absolute Gasteiger partial charge is 0.494 e. The van der Waals surface area contributed by atoms with Crippen molar-refractivity contribution < 1.29 is 14.3 Å². The van der Waals surface area contributed by atoms with Crippen molar-refractivity contribution in [3.8, 4) is 5.75 Å². The topological polar surface area (TPSA) is 67.4 Å². The van der Waals surface area contributed by atoms with Crippen LogP contribution in [0.4, 0.5) is 0 Å². The fourth-order valence-electron chi connectivity index (χ4n) is 2.05. The zero-order chi connectivity index (χ0) is 18.1. The van der Waals surface area contributed by atoms with Crippen molar-refractivity contribution in [2.45, 2.75) is 19.6 Å². The summed E-state index contributed by atoms with van der Waals surface area (Å²) in [5.41, 5.74) is 7.67. The van der Waals surface area contributed by atoms with E-state index in [4.69, 9.17) is 4.74 Å². The summed E-state index contributed by atoms with van der Waals surface area (Å²) in [7, 11) is 0. The van der Waals surface area contributed by atoms with E-state index in [0.29, 0.717) is 17.9 Å². The zero-order valence-electron chi connectivity index (χ0n) is 14.4. The average molecular weight is 358 g/mol. The van der Waals surface area contributed by atoms with Gasteiger partial charge in [-0.2, -0.15) is 0 Å². The van der Waals surface area contributed by atoms with Gasteiger partial charge in [0.05, 0.1) is 12.4 Å². The first-order valence-electron chi connectivity index (χ1n) is 8.04. The maximum absolute atomic E-state index is 12.0. The molecule has 0 radical (unpaired) electrons. The number of rotatable bonds is 7. The highest BCUT2D eigenvalue weighted by Gasteiger charge is 2.08. The number of benzene rings is 2. The number of carbonyl (C=O) groups excluding carboxylic acids is 2. The van der Waals surface area contributed by atoms with Gasteiger partial charge in [-0.3, -0.25) is 20.4 Å². The predicted molar refractivity (Wildman–Crippen MR) is 101 cm³/mol. The van der Waals surface area contributed by atoms with E-state index >= 15 is 0 Å². The lowest BCUT2D eigenvalue weighted by Crippen LogP contribution is -2.42. The molecule has 0 atom stereocenters. The molecule has 0 fully saturated rings. The Kier molecular flexibility index (Phi) is 7.35. The van der Waals surface area contributed by atoms with Crippen molar-refractivity contribution in [3.05, 3.63) is 65.2 Å². The maximum Gasteiger partial charge on any atom is 0.269 e. The molecule has 2 rings (SSSR count). The lowest BCUT2D eigenvalue weighted by molar-refractivity contribution is -0.119. The van der Waals surface area contributed by atoms with E-state index in [2.05, 4.69) is 10.9 Å². The summed E-state index contributed by atoms with van der Waals surface area (Å²) in [6.07, 6.45) is 0. The van der Waals surface area contributed by atoms with Crippen LogP contribution in [0.15, 0.2) is 48.5 Å². The van der Waals surface area contributed by atoms with E-state index in [1.807, 2.05) is 38.1 Å². The summed E-state index contributed by atoms with van der Waals surface area (Å²) in [5, 5.41) is 0. The van der Waals surface area contributed by atoms with Gasteiger partial charge >= 0.3 is 0 Å². The number of nitrogens with one attached hydrogen (secondary N) is 2. The van der Waals surface area contributed by atoms with Crippen molar-refractivity contribution >= 4 is 23.6 Å². The first-order chi connectivity index (χ1) is 12.1. The summed E-state index contributed by atoms with van der Waals surface area (Å²) in [6.45, 7) is 4.51. The Morgan fingerprint density at radius 3 is 2.32 bits per heavy atom. The van der Waals surface area contributed by atoms with Crippen LogP contribution in [0.2, 0.25) is 0 Å². The summed E-state index contributed by atoms with van der Waals surface area (Å²) in [5.74, 6) is 1.13. The second kappa shape index (κ2) is 9.74. The van der Waals surface area contributed by atoms with Crippen LogP contribution in [-0.2, 0) is 10.5 Å². The number of hydrogen-bond donors (Lipinski definition) is 2. The number of hydrazine groups is 1. The number of amides is 2. The lowest BCUT2D eigenvalue weighted by atomic mass is 10.2. The third-order valence-corrected chi connectivity index (χ3v) is 4.37. The summed E-state index contributed by atoms with van der Waals surface area (Å²) < 4.78 is 5.32. The Hall–Kier alpha value is -2.47. The fraction of sp³-hybridized carbons (Fsp3) is 0.263. The van der Waals surface area contributed by atoms with Crippen molar-refractivity contribution in [1.29, 1.82) is 0 Å². The normalized spacial score (nSPS) is 10.2. The Morgan fingerprint density at radius 1 is 1.00 bits per heavy atom. The molecule has 0 saturated heterocycles. The third kappa shape index (κ3) is 6.51. The highest BCUT2D eigenvalue weighted by Crippen LogP contribution is 2.13. The van der Waals surface area contributed by atoms with E-state index in [1.165, 1.54) is 22.9 Å². The van der Waals surface area contributed by atoms with Gasteiger partial charge in [-0.15, -0.1) is 11.8 Å². The minimum atomic E-state index is -0.361. The summed E-state index contributed by atoms with van der Waals surface area (Å²) in [4.78, 5) is 23.8. The second-order valence-electron chi connectivity index (χ2n) is 5.44. The molecule has 0 unspecified atom stereocenters. The molecule has 0 aromatic heterocycles. The van der Waals surface area contributed by atoms with Gasteiger partial charge < -0.3 is 4.74 Å². The molecule has 0 saturated carbocycles. The highest BCUT2D eigenvalue weighted by molar-refractivity contribution is 7.99. The molecule has 0 spiro atoms. The lowest BCUT2D eigenvalue weighted by Gasteiger charge is -2.08. The number of ether oxygens (including phenoxy) is 1. The first-order valence-corrected chi connectivity index (χ1v) is 9.19. The molecule has 0 aliphatic heterocycles. The van der Waals surface area contributed by atoms with Gasteiger partial charge in [-0.1, -0.05) is 29.8 Å². The van der Waals surface area contributed by atoms with Crippen molar-refractivity contribution in [2.75, 3.05) is 12.4 Å². The molecule has 0 aliphatic rings. The quantitative estimate of drug-likeness (QED) is 0.747. The van der Waals surface area contributed by atoms with Crippen LogP contribution in [0.5, 0.6) is 5.75 Å². The fourth-order valence-corrected chi connectivity index (χ4v) is 2.84. The highest BCUT2D eigenvalue weighted by atomic mass is 32.2. The van der Waals surface area contributed by atoms with Crippen LogP contribution in [0, 0.1) is 6.92 Å². The molecule has 6 heteroatoms. The van der Waals surface area contributed by atoms with Crippen LogP contribution in [0.25, 0.3) is 0 Å². The molecule has 5 nitrogen and oxygen atoms in total. The molecule has 0 bridgehead atoms. The van der Waals surface area contributed by atoms with Gasteiger partial charge in [0.1, 0.15) is 5.75 Å². The van der Waals surface area contributed by atoms with Crippen molar-refractivity contribution in [2.24, 2.45) is 0 Å². The molecule has 2 aromatic carbocycles. The van der Waals surface area contributed by atoms with Crippen molar-refractivity contribution in [1.82, 2.24) is 10.9 Å². The molecular weight excluding hydrogens is 336 g/mol. The zero-order valence-corrected chi connectivity index (χ0v) is 15.2. The van der Waals surface area contributed by atoms with Gasteiger partial charge in [0.2, 0.25) is 5.91 Å². The smallest absolute Gasteiger partial charge is 0.269 e. The molecule has 0 heterocycles. The molecule has 25 heavy (non-hydrogen) atoms. The molecule has 2 N–H and O–H groups in total. The van der Waals surface area contributed by atoms with Gasteiger partial charge in [0.15, 0.2) is 0 Å². The Balaban J connectivity index is 1.70. The van der Waals surface area contributed by atoms with Gasteiger partial charge in [0.25, 0.3) is 5.91 Å². The van der Waals surface area contributed by atoms with E-state index in [-0.39, 0.29) is 17.6 Å². The number of aryl methyl sites for hydroxylation is 1. The molecule has 2 amide bonds. The molecular formula is C19H22N2O3S. The summed E-state index contributed by atoms with van der Waals surface area (Å²) >= 11 is 1.50. The first kappa shape index (κ1) is 18.9. The molecule has 132 valence electrons. The minimum Gasteiger partial charge on any atom is -0.494 e. The standard InChI is InChI=1S/C19H22N2O3S/c1-3-24-17-10-8-16(9-11-17)19(23)21-20-18(22)13-25-12-15-6-4-14(2)5-7-15/h4-11H,3,12-13H2,1-2H3,(H,20,22)(H,21,23). The second-order valence-corrected chi connectivity index (χ2v) is 6.42. The molecule has 0 aliphatic carbocycles. The monoisotopic (exact) mass is 358 g/mol. The van der Waals surface area contributed by atoms with Gasteiger partial charge in [-0.05, 0) is 43.7 Å². The molecule has 2 aromatic rings. The Labute approximate surface area is 152 Å². The minimum absolute atomic E-state index is 0.239. The van der Waals surface area contributed by atoms with Crippen LogP contribution >= 0.6 is 11.8 Å². The van der Waals surface area contributed by atoms with Gasteiger partial charge in [0, 0.05) is 11.3 Å². The number of thioether (sulfide) groups is 1. The van der Waals surface area contributed by atoms with Crippen LogP contribution in [0.1, 0.15) is 28.4 Å². The van der Waals surface area contributed by atoms with E-state index in [0.717, 1.165) is 5.75 Å². The van der Waals surface area contributed by atoms with E-state index in [1.54, 1.807) is 24.3 Å². The maximum atomic E-state index is 12.0. The average Bonchev–Trinajstić information content (AvgIpc) is 2.62. The summed E-state index contributed by atoms with van der Waals surface area (Å²) in [6, 6.07) is 14.9. The van der Waals surface area contributed by atoms with E-state index < -0.39 is 0 Å². The Morgan fingerprint density at radius 2 is 1.68 bits per heavy atom. The van der Waals surface area contributed by atoms with Gasteiger partial charge in [-0.25, -0.2) is 0 Å². The number of hydrogen-bond acceptors (Lipinski definition) is 4. The number of carbonyl (C=O) groups is 2. The van der Waals surface area contributed by atoms with Crippen LogP contribution < -0.4 is 15.6 Å². The SMILES string of the molecule is CCOc1ccc(C(=O)NNC(=O)CSCc2ccc(C)cc2)cc1. The van der Waals surface area contributed by atoms with E-state index in [9.17, 15) is 9.59 Å². The Bertz CT molecular complexity index is 700. The van der Waals surface area contributed by atoms with Crippen molar-refractivity contribution in [3.63, 3.8) is 0 Å². The third-order valence-electron chi connectivity index (χ3n) is 3.37. The van der Waals surface area contributed by atoms with Crippen LogP contribution in [0.3, 0.4) is 0 Å². The predicted octanol–water partition coefficient (Wildman–Crippen LogP) is 3.09.